The highest BCUT2D eigenvalue weighted by atomic mass is 16.6. The molecule has 1 aliphatic carbocycles. The second-order valence-electron chi connectivity index (χ2n) is 3.21. The lowest BCUT2D eigenvalue weighted by Crippen LogP contribution is -2.20. The topological polar surface area (TPSA) is 21.3 Å². The van der Waals surface area contributed by atoms with Crippen molar-refractivity contribution in [2.75, 3.05) is 6.54 Å². The predicted octanol–water partition coefficient (Wildman–Crippen LogP) is 1.98. The minimum absolute atomic E-state index is 0.855. The van der Waals surface area contributed by atoms with E-state index in [1.807, 2.05) is 30.3 Å². The van der Waals surface area contributed by atoms with Crippen LogP contribution in [0.25, 0.3) is 0 Å². The first kappa shape index (κ1) is 7.62. The van der Waals surface area contributed by atoms with Crippen molar-refractivity contribution in [3.05, 3.63) is 30.3 Å². The number of hydrogen-bond donors (Lipinski definition) is 1. The van der Waals surface area contributed by atoms with Crippen LogP contribution in [0.1, 0.15) is 12.8 Å². The molecule has 1 aliphatic rings. The summed E-state index contributed by atoms with van der Waals surface area (Å²) >= 11 is 0. The van der Waals surface area contributed by atoms with Crippen LogP contribution in [0, 0.1) is 5.92 Å². The standard InChI is InChI=1S/C10H13NO/c1-2-4-10(5-3-1)12-11-8-9-6-7-9/h1-5,9,11H,6-8H2. The van der Waals surface area contributed by atoms with Crippen molar-refractivity contribution in [1.29, 1.82) is 0 Å². The van der Waals surface area contributed by atoms with E-state index >= 15 is 0 Å². The number of hydroxylamine groups is 1. The van der Waals surface area contributed by atoms with Crippen LogP contribution in [-0.2, 0) is 0 Å². The van der Waals surface area contributed by atoms with E-state index in [2.05, 4.69) is 5.48 Å². The summed E-state index contributed by atoms with van der Waals surface area (Å²) in [6.45, 7) is 0.981. The van der Waals surface area contributed by atoms with Crippen LogP contribution in [0.4, 0.5) is 0 Å². The van der Waals surface area contributed by atoms with E-state index in [1.54, 1.807) is 0 Å². The Morgan fingerprint density at radius 3 is 2.67 bits per heavy atom. The Bertz CT molecular complexity index is 231. The molecule has 1 N–H and O–H groups in total. The van der Waals surface area contributed by atoms with Gasteiger partial charge in [0.2, 0.25) is 0 Å². The van der Waals surface area contributed by atoms with E-state index in [0.29, 0.717) is 0 Å². The molecule has 0 heterocycles. The van der Waals surface area contributed by atoms with E-state index in [1.165, 1.54) is 12.8 Å². The molecule has 0 bridgehead atoms. The SMILES string of the molecule is c1ccc(ONCC2CC2)cc1. The molecule has 1 fully saturated rings. The van der Waals surface area contributed by atoms with Crippen molar-refractivity contribution in [2.24, 2.45) is 5.92 Å². The third-order valence-electron chi connectivity index (χ3n) is 2.00. The Morgan fingerprint density at radius 2 is 2.00 bits per heavy atom. The highest BCUT2D eigenvalue weighted by molar-refractivity contribution is 5.20. The number of para-hydroxylation sites is 1. The van der Waals surface area contributed by atoms with Gasteiger partial charge in [-0.1, -0.05) is 18.2 Å². The maximum atomic E-state index is 5.31. The lowest BCUT2D eigenvalue weighted by molar-refractivity contribution is 0.191. The molecular weight excluding hydrogens is 150 g/mol. The molecule has 12 heavy (non-hydrogen) atoms. The van der Waals surface area contributed by atoms with Crippen LogP contribution in [0.2, 0.25) is 0 Å². The summed E-state index contributed by atoms with van der Waals surface area (Å²) in [6.07, 6.45) is 2.70. The molecule has 2 heteroatoms. The zero-order valence-corrected chi connectivity index (χ0v) is 6.99. The lowest BCUT2D eigenvalue weighted by atomic mass is 10.3. The molecule has 1 saturated carbocycles. The van der Waals surface area contributed by atoms with Gasteiger partial charge in [0.1, 0.15) is 5.75 Å². The van der Waals surface area contributed by atoms with Crippen LogP contribution >= 0.6 is 0 Å². The second-order valence-corrected chi connectivity index (χ2v) is 3.21. The molecule has 0 amide bonds. The zero-order valence-electron chi connectivity index (χ0n) is 6.99. The summed E-state index contributed by atoms with van der Waals surface area (Å²) in [5.74, 6) is 1.74. The minimum Gasteiger partial charge on any atom is -0.409 e. The number of rotatable bonds is 4. The van der Waals surface area contributed by atoms with Crippen LogP contribution < -0.4 is 10.3 Å². The monoisotopic (exact) mass is 163 g/mol. The summed E-state index contributed by atoms with van der Waals surface area (Å²) < 4.78 is 0. The summed E-state index contributed by atoms with van der Waals surface area (Å²) in [4.78, 5) is 5.31. The van der Waals surface area contributed by atoms with Crippen molar-refractivity contribution in [3.8, 4) is 5.75 Å². The molecule has 0 atom stereocenters. The summed E-state index contributed by atoms with van der Waals surface area (Å²) in [7, 11) is 0. The van der Waals surface area contributed by atoms with E-state index in [-0.39, 0.29) is 0 Å². The largest absolute Gasteiger partial charge is 0.409 e. The van der Waals surface area contributed by atoms with Gasteiger partial charge in [-0.25, -0.2) is 0 Å². The highest BCUT2D eigenvalue weighted by Gasteiger charge is 2.20. The Kier molecular flexibility index (Phi) is 2.28. The van der Waals surface area contributed by atoms with Crippen molar-refractivity contribution < 1.29 is 4.84 Å². The Labute approximate surface area is 72.5 Å². The van der Waals surface area contributed by atoms with E-state index in [0.717, 1.165) is 18.2 Å². The minimum atomic E-state index is 0.855. The quantitative estimate of drug-likeness (QED) is 0.685. The molecule has 2 nitrogen and oxygen atoms in total. The first-order chi connectivity index (χ1) is 5.95. The van der Waals surface area contributed by atoms with Crippen LogP contribution in [0.5, 0.6) is 5.75 Å². The van der Waals surface area contributed by atoms with Gasteiger partial charge in [0.25, 0.3) is 0 Å². The maximum Gasteiger partial charge on any atom is 0.147 e. The highest BCUT2D eigenvalue weighted by Crippen LogP contribution is 2.27. The smallest absolute Gasteiger partial charge is 0.147 e. The third-order valence-corrected chi connectivity index (χ3v) is 2.00. The molecule has 0 saturated heterocycles. The third kappa shape index (κ3) is 2.24. The van der Waals surface area contributed by atoms with Crippen LogP contribution in [0.15, 0.2) is 30.3 Å². The van der Waals surface area contributed by atoms with Crippen molar-refractivity contribution in [3.63, 3.8) is 0 Å². The van der Waals surface area contributed by atoms with Gasteiger partial charge in [0.15, 0.2) is 0 Å². The Balaban J connectivity index is 1.72. The molecule has 0 aliphatic heterocycles. The molecule has 0 unspecified atom stereocenters. The molecular formula is C10H13NO. The summed E-state index contributed by atoms with van der Waals surface area (Å²) in [6, 6.07) is 9.80. The molecule has 0 radical (unpaired) electrons. The average Bonchev–Trinajstić information content (AvgIpc) is 2.90. The molecule has 1 aromatic carbocycles. The number of benzene rings is 1. The molecule has 1 aromatic rings. The average molecular weight is 163 g/mol. The first-order valence-corrected chi connectivity index (χ1v) is 4.40. The van der Waals surface area contributed by atoms with Crippen molar-refractivity contribution >= 4 is 0 Å². The van der Waals surface area contributed by atoms with Gasteiger partial charge in [0.05, 0.1) is 0 Å². The van der Waals surface area contributed by atoms with E-state index in [9.17, 15) is 0 Å². The lowest BCUT2D eigenvalue weighted by Gasteiger charge is -2.04. The van der Waals surface area contributed by atoms with Gasteiger partial charge >= 0.3 is 0 Å². The molecule has 0 spiro atoms. The van der Waals surface area contributed by atoms with Crippen molar-refractivity contribution in [1.82, 2.24) is 5.48 Å². The zero-order chi connectivity index (χ0) is 8.23. The summed E-state index contributed by atoms with van der Waals surface area (Å²) in [5, 5.41) is 0. The van der Waals surface area contributed by atoms with Gasteiger partial charge in [-0.3, -0.25) is 0 Å². The second kappa shape index (κ2) is 3.59. The fraction of sp³-hybridized carbons (Fsp3) is 0.400. The van der Waals surface area contributed by atoms with Gasteiger partial charge in [-0.15, -0.1) is 0 Å². The van der Waals surface area contributed by atoms with Gasteiger partial charge in [-0.2, -0.15) is 5.48 Å². The fourth-order valence-corrected chi connectivity index (χ4v) is 1.05. The van der Waals surface area contributed by atoms with E-state index in [4.69, 9.17) is 4.84 Å². The normalized spacial score (nSPS) is 16.0. The predicted molar refractivity (Wildman–Crippen MR) is 47.8 cm³/mol. The number of hydrogen-bond acceptors (Lipinski definition) is 2. The molecule has 0 aromatic heterocycles. The van der Waals surface area contributed by atoms with E-state index < -0.39 is 0 Å². The number of nitrogens with one attached hydrogen (secondary N) is 1. The Hall–Kier alpha value is -1.02. The van der Waals surface area contributed by atoms with Gasteiger partial charge in [-0.05, 0) is 30.9 Å². The fourth-order valence-electron chi connectivity index (χ4n) is 1.05. The molecule has 2 rings (SSSR count). The van der Waals surface area contributed by atoms with Crippen LogP contribution in [-0.4, -0.2) is 6.54 Å². The van der Waals surface area contributed by atoms with Gasteiger partial charge < -0.3 is 4.84 Å². The van der Waals surface area contributed by atoms with Gasteiger partial charge in [0, 0.05) is 6.54 Å². The molecule has 64 valence electrons. The van der Waals surface area contributed by atoms with Crippen LogP contribution in [0.3, 0.4) is 0 Å². The Morgan fingerprint density at radius 1 is 1.25 bits per heavy atom. The maximum absolute atomic E-state index is 5.31. The van der Waals surface area contributed by atoms with Crippen molar-refractivity contribution in [2.45, 2.75) is 12.8 Å². The first-order valence-electron chi connectivity index (χ1n) is 4.40. The summed E-state index contributed by atoms with van der Waals surface area (Å²) in [5.41, 5.74) is 2.96.